The van der Waals surface area contributed by atoms with Crippen LogP contribution in [0.25, 0.3) is 0 Å². The SMILES string of the molecule is CC/C=C\C/C=C\C/C=C\C/C=C\C/C=C\CCCCCCCCCCCCCCCCCCCCCCCCCC(=O)NC(CO)C(O)/C=C/CC/C=C/CC/C=C/CCCCCCCCCCCCCCCCCCCCCCCC. The standard InChI is InChI=1S/C79H143NO3/c1-3-5-7-9-11-13-15-17-19-21-23-25-27-29-31-33-35-37-38-39-40-41-42-43-45-47-49-51-53-55-57-59-61-63-65-67-69-71-73-75-79(83)80-77(76-81)78(82)74-72-70-68-66-64-62-60-58-56-54-52-50-48-46-44-36-34-32-30-28-26-24-22-20-18-16-14-12-10-8-6-4-2/h5,7,11,13,17,19,23,25,29,31,56,58,64,66,72,74,77-78,81-82H,3-4,6,8-10,12,14-16,18,20-22,24,26-28,30,32-55,57,59-63,65,67-71,73,75-76H2,1-2H3,(H,80,83)/b7-5-,13-11-,19-17-,25-23-,31-29-,58-56+,66-64+,74-72+. The molecule has 0 radical (unpaired) electrons. The number of nitrogens with one attached hydrogen (secondary N) is 1. The minimum Gasteiger partial charge on any atom is -0.394 e. The molecule has 0 aromatic rings. The number of carbonyl (C=O) groups excluding carboxylic acids is 1. The molecule has 0 aromatic heterocycles. The van der Waals surface area contributed by atoms with Crippen LogP contribution < -0.4 is 5.32 Å². The molecule has 0 saturated heterocycles. The fourth-order valence-electron chi connectivity index (χ4n) is 11.2. The molecule has 0 aliphatic rings. The number of rotatable bonds is 68. The Kier molecular flexibility index (Phi) is 71.2. The maximum absolute atomic E-state index is 12.6. The van der Waals surface area contributed by atoms with E-state index in [0.29, 0.717) is 6.42 Å². The molecule has 2 atom stereocenters. The van der Waals surface area contributed by atoms with E-state index in [1.165, 1.54) is 289 Å². The third-order valence-electron chi connectivity index (χ3n) is 16.8. The van der Waals surface area contributed by atoms with Crippen molar-refractivity contribution in [3.05, 3.63) is 97.2 Å². The molecule has 0 bridgehead atoms. The summed E-state index contributed by atoms with van der Waals surface area (Å²) >= 11 is 0. The Morgan fingerprint density at radius 2 is 0.542 bits per heavy atom. The van der Waals surface area contributed by atoms with Crippen molar-refractivity contribution in [3.8, 4) is 0 Å². The molecule has 83 heavy (non-hydrogen) atoms. The van der Waals surface area contributed by atoms with Crippen LogP contribution in [0.4, 0.5) is 0 Å². The van der Waals surface area contributed by atoms with Crippen LogP contribution >= 0.6 is 0 Å². The van der Waals surface area contributed by atoms with Gasteiger partial charge in [-0.05, 0) is 89.9 Å². The Morgan fingerprint density at radius 3 is 0.843 bits per heavy atom. The molecule has 0 aromatic carbocycles. The quantitative estimate of drug-likeness (QED) is 0.0420. The summed E-state index contributed by atoms with van der Waals surface area (Å²) in [5.74, 6) is -0.0731. The molecule has 4 heteroatoms. The number of hydrogen-bond donors (Lipinski definition) is 3. The van der Waals surface area contributed by atoms with Crippen molar-refractivity contribution in [1.29, 1.82) is 0 Å². The molecular formula is C79H143NO3. The van der Waals surface area contributed by atoms with Crippen LogP contribution in [0.3, 0.4) is 0 Å². The van der Waals surface area contributed by atoms with Gasteiger partial charge in [-0.15, -0.1) is 0 Å². The minimum atomic E-state index is -0.875. The van der Waals surface area contributed by atoms with Crippen LogP contribution in [-0.4, -0.2) is 34.9 Å². The van der Waals surface area contributed by atoms with E-state index < -0.39 is 12.1 Å². The number of allylic oxidation sites excluding steroid dienone is 15. The fraction of sp³-hybridized carbons (Fsp3) is 0.785. The molecule has 482 valence electrons. The van der Waals surface area contributed by atoms with Crippen molar-refractivity contribution in [1.82, 2.24) is 5.32 Å². The zero-order valence-electron chi connectivity index (χ0n) is 55.7. The first kappa shape index (κ1) is 80.3. The summed E-state index contributed by atoms with van der Waals surface area (Å²) in [6, 6.07) is -0.650. The van der Waals surface area contributed by atoms with Gasteiger partial charge in [-0.1, -0.05) is 381 Å². The predicted molar refractivity (Wildman–Crippen MR) is 373 cm³/mol. The summed E-state index contributed by atoms with van der Waals surface area (Å²) in [7, 11) is 0. The van der Waals surface area contributed by atoms with Crippen molar-refractivity contribution >= 4 is 5.91 Å². The lowest BCUT2D eigenvalue weighted by molar-refractivity contribution is -0.123. The van der Waals surface area contributed by atoms with Gasteiger partial charge in [-0.2, -0.15) is 0 Å². The van der Waals surface area contributed by atoms with Gasteiger partial charge in [0.25, 0.3) is 0 Å². The van der Waals surface area contributed by atoms with E-state index in [4.69, 9.17) is 0 Å². The summed E-state index contributed by atoms with van der Waals surface area (Å²) in [5.41, 5.74) is 0. The van der Waals surface area contributed by atoms with Gasteiger partial charge in [0, 0.05) is 6.42 Å². The maximum Gasteiger partial charge on any atom is 0.220 e. The highest BCUT2D eigenvalue weighted by Crippen LogP contribution is 2.19. The second kappa shape index (κ2) is 73.6. The predicted octanol–water partition coefficient (Wildman–Crippen LogP) is 25.5. The Morgan fingerprint density at radius 1 is 0.301 bits per heavy atom. The molecule has 4 nitrogen and oxygen atoms in total. The summed E-state index contributed by atoms with van der Waals surface area (Å²) in [5, 5.41) is 23.3. The molecule has 0 rings (SSSR count). The normalized spacial score (nSPS) is 13.3. The van der Waals surface area contributed by atoms with Gasteiger partial charge in [-0.25, -0.2) is 0 Å². The van der Waals surface area contributed by atoms with Crippen LogP contribution in [0.2, 0.25) is 0 Å². The van der Waals surface area contributed by atoms with Gasteiger partial charge in [0.05, 0.1) is 18.8 Å². The number of unbranched alkanes of at least 4 members (excludes halogenated alkanes) is 47. The zero-order valence-corrected chi connectivity index (χ0v) is 55.7. The second-order valence-corrected chi connectivity index (χ2v) is 25.0. The summed E-state index contributed by atoms with van der Waals surface area (Å²) in [6.45, 7) is 4.21. The molecule has 0 aliphatic carbocycles. The first-order valence-corrected chi connectivity index (χ1v) is 37.0. The largest absolute Gasteiger partial charge is 0.394 e. The molecule has 0 aliphatic heterocycles. The Balaban J connectivity index is 3.48. The Hall–Kier alpha value is -2.69. The van der Waals surface area contributed by atoms with Crippen molar-refractivity contribution in [3.63, 3.8) is 0 Å². The van der Waals surface area contributed by atoms with E-state index in [-0.39, 0.29) is 12.5 Å². The summed E-state index contributed by atoms with van der Waals surface area (Å²) in [4.78, 5) is 12.6. The monoisotopic (exact) mass is 1150 g/mol. The number of amides is 1. The molecule has 1 amide bonds. The van der Waals surface area contributed by atoms with E-state index >= 15 is 0 Å². The van der Waals surface area contributed by atoms with Crippen LogP contribution in [0.1, 0.15) is 380 Å². The van der Waals surface area contributed by atoms with Gasteiger partial charge < -0.3 is 15.5 Å². The molecule has 0 fully saturated rings. The maximum atomic E-state index is 12.6. The van der Waals surface area contributed by atoms with Crippen molar-refractivity contribution in [2.24, 2.45) is 0 Å². The van der Waals surface area contributed by atoms with Crippen LogP contribution in [-0.2, 0) is 4.79 Å². The van der Waals surface area contributed by atoms with Crippen molar-refractivity contribution in [2.75, 3.05) is 6.61 Å². The number of aliphatic hydroxyl groups excluding tert-OH is 2. The average molecular weight is 1160 g/mol. The van der Waals surface area contributed by atoms with Gasteiger partial charge in [0.1, 0.15) is 0 Å². The summed E-state index contributed by atoms with van der Waals surface area (Å²) in [6.07, 6.45) is 110. The van der Waals surface area contributed by atoms with E-state index in [1.54, 1.807) is 6.08 Å². The third kappa shape index (κ3) is 70.0. The molecular weight excluding hydrogens is 1010 g/mol. The topological polar surface area (TPSA) is 69.6 Å². The van der Waals surface area contributed by atoms with Crippen molar-refractivity contribution in [2.45, 2.75) is 392 Å². The molecule has 2 unspecified atom stereocenters. The Labute approximate surface area is 519 Å². The molecule has 0 heterocycles. The van der Waals surface area contributed by atoms with E-state index in [9.17, 15) is 15.0 Å². The minimum absolute atomic E-state index is 0.0731. The van der Waals surface area contributed by atoms with Crippen LogP contribution in [0.5, 0.6) is 0 Å². The van der Waals surface area contributed by atoms with Crippen LogP contribution in [0, 0.1) is 0 Å². The number of hydrogen-bond acceptors (Lipinski definition) is 3. The molecule has 3 N–H and O–H groups in total. The van der Waals surface area contributed by atoms with Gasteiger partial charge in [-0.3, -0.25) is 4.79 Å². The molecule has 0 saturated carbocycles. The smallest absolute Gasteiger partial charge is 0.220 e. The van der Waals surface area contributed by atoms with E-state index in [2.05, 4.69) is 104 Å². The first-order chi connectivity index (χ1) is 41.2. The lowest BCUT2D eigenvalue weighted by Gasteiger charge is -2.19. The van der Waals surface area contributed by atoms with E-state index in [1.807, 2.05) is 6.08 Å². The van der Waals surface area contributed by atoms with Crippen LogP contribution in [0.15, 0.2) is 97.2 Å². The number of aliphatic hydroxyl groups is 2. The van der Waals surface area contributed by atoms with E-state index in [0.717, 1.165) is 70.6 Å². The molecule has 0 spiro atoms. The van der Waals surface area contributed by atoms with Gasteiger partial charge in [0.15, 0.2) is 0 Å². The number of carbonyl (C=O) groups is 1. The fourth-order valence-corrected chi connectivity index (χ4v) is 11.2. The second-order valence-electron chi connectivity index (χ2n) is 25.0. The highest BCUT2D eigenvalue weighted by Gasteiger charge is 2.18. The van der Waals surface area contributed by atoms with Gasteiger partial charge in [0.2, 0.25) is 5.91 Å². The third-order valence-corrected chi connectivity index (χ3v) is 16.8. The Bertz CT molecular complexity index is 1500. The average Bonchev–Trinajstić information content (AvgIpc) is 3.51. The lowest BCUT2D eigenvalue weighted by atomic mass is 10.0. The zero-order chi connectivity index (χ0) is 59.8. The summed E-state index contributed by atoms with van der Waals surface area (Å²) < 4.78 is 0. The first-order valence-electron chi connectivity index (χ1n) is 37.0. The highest BCUT2D eigenvalue weighted by atomic mass is 16.3. The highest BCUT2D eigenvalue weighted by molar-refractivity contribution is 5.76. The lowest BCUT2D eigenvalue weighted by Crippen LogP contribution is -2.45. The van der Waals surface area contributed by atoms with Gasteiger partial charge >= 0.3 is 0 Å². The van der Waals surface area contributed by atoms with Crippen molar-refractivity contribution < 1.29 is 15.0 Å².